The number of amides is 1. The predicted molar refractivity (Wildman–Crippen MR) is 133 cm³/mol. The van der Waals surface area contributed by atoms with Gasteiger partial charge in [-0.15, -0.1) is 0 Å². The van der Waals surface area contributed by atoms with Gasteiger partial charge in [0.2, 0.25) is 11.0 Å². The average Bonchev–Trinajstić information content (AvgIpc) is 3.32. The van der Waals surface area contributed by atoms with Crippen LogP contribution >= 0.6 is 11.5 Å². The topological polar surface area (TPSA) is 84.9 Å². The first-order chi connectivity index (χ1) is 16.5. The molecule has 186 valence electrons. The maximum Gasteiger partial charge on any atom is 0.310 e. The molecule has 0 radical (unpaired) electrons. The second kappa shape index (κ2) is 13.3. The van der Waals surface area contributed by atoms with E-state index < -0.39 is 0 Å². The van der Waals surface area contributed by atoms with Gasteiger partial charge in [0.15, 0.2) is 0 Å². The summed E-state index contributed by atoms with van der Waals surface area (Å²) in [6, 6.07) is 7.92. The van der Waals surface area contributed by atoms with Gasteiger partial charge < -0.3 is 19.3 Å². The van der Waals surface area contributed by atoms with E-state index in [0.717, 1.165) is 54.5 Å². The molecule has 0 spiro atoms. The Hall–Kier alpha value is -2.68. The molecule has 1 aromatic carbocycles. The molecule has 0 aliphatic carbocycles. The number of carbonyl (C=O) groups is 2. The van der Waals surface area contributed by atoms with Gasteiger partial charge in [-0.05, 0) is 43.9 Å². The highest BCUT2D eigenvalue weighted by molar-refractivity contribution is 7.09. The molecule has 1 atom stereocenters. The molecule has 2 heterocycles. The molecule has 1 saturated heterocycles. The van der Waals surface area contributed by atoms with Crippen molar-refractivity contribution in [3.05, 3.63) is 35.7 Å². The van der Waals surface area contributed by atoms with Crippen LogP contribution in [0.2, 0.25) is 0 Å². The summed E-state index contributed by atoms with van der Waals surface area (Å²) in [7, 11) is 1.66. The lowest BCUT2D eigenvalue weighted by Gasteiger charge is -2.32. The van der Waals surface area contributed by atoms with Gasteiger partial charge in [0.1, 0.15) is 11.6 Å². The SMILES string of the molecule is CCCCN(CCC(=O)N1CCCC(C(=O)OCC)C1)c1nc(Cc2cccc(OC)c2)ns1. The van der Waals surface area contributed by atoms with Crippen molar-refractivity contribution in [1.29, 1.82) is 0 Å². The molecule has 1 aliphatic heterocycles. The first-order valence-electron chi connectivity index (χ1n) is 12.2. The van der Waals surface area contributed by atoms with E-state index in [1.807, 2.05) is 36.1 Å². The Balaban J connectivity index is 1.59. The van der Waals surface area contributed by atoms with Crippen molar-refractivity contribution in [3.8, 4) is 5.75 Å². The molecule has 0 N–H and O–H groups in total. The zero-order chi connectivity index (χ0) is 24.3. The van der Waals surface area contributed by atoms with E-state index in [9.17, 15) is 9.59 Å². The van der Waals surface area contributed by atoms with Crippen molar-refractivity contribution in [2.24, 2.45) is 5.92 Å². The second-order valence-corrected chi connectivity index (χ2v) is 9.27. The molecule has 1 unspecified atom stereocenters. The molecule has 2 aromatic rings. The monoisotopic (exact) mass is 488 g/mol. The number of ether oxygens (including phenoxy) is 2. The number of anilines is 1. The maximum absolute atomic E-state index is 12.9. The molecule has 1 aliphatic rings. The number of rotatable bonds is 12. The molecule has 9 heteroatoms. The molecule has 3 rings (SSSR count). The van der Waals surface area contributed by atoms with Gasteiger partial charge in [0, 0.05) is 50.6 Å². The Kier molecular flexibility index (Phi) is 10.1. The number of unbranched alkanes of at least 4 members (excludes halogenated alkanes) is 1. The van der Waals surface area contributed by atoms with Gasteiger partial charge in [-0.25, -0.2) is 4.98 Å². The lowest BCUT2D eigenvalue weighted by atomic mass is 9.98. The summed E-state index contributed by atoms with van der Waals surface area (Å²) in [5.74, 6) is 1.27. The van der Waals surface area contributed by atoms with Crippen molar-refractivity contribution in [1.82, 2.24) is 14.3 Å². The third-order valence-electron chi connectivity index (χ3n) is 6.00. The van der Waals surface area contributed by atoms with Crippen LogP contribution in [0.5, 0.6) is 5.75 Å². The number of aromatic nitrogens is 2. The Labute approximate surface area is 206 Å². The molecule has 34 heavy (non-hydrogen) atoms. The van der Waals surface area contributed by atoms with Crippen LogP contribution in [0.4, 0.5) is 5.13 Å². The smallest absolute Gasteiger partial charge is 0.310 e. The number of nitrogens with zero attached hydrogens (tertiary/aromatic N) is 4. The van der Waals surface area contributed by atoms with Crippen LogP contribution in [0.3, 0.4) is 0 Å². The van der Waals surface area contributed by atoms with Crippen LogP contribution in [0.25, 0.3) is 0 Å². The van der Waals surface area contributed by atoms with Crippen molar-refractivity contribution < 1.29 is 19.1 Å². The highest BCUT2D eigenvalue weighted by atomic mass is 32.1. The highest BCUT2D eigenvalue weighted by Gasteiger charge is 2.29. The van der Waals surface area contributed by atoms with Crippen LogP contribution in [0.1, 0.15) is 57.3 Å². The second-order valence-electron chi connectivity index (χ2n) is 8.54. The van der Waals surface area contributed by atoms with E-state index in [1.54, 1.807) is 7.11 Å². The number of likely N-dealkylation sites (tertiary alicyclic amines) is 1. The van der Waals surface area contributed by atoms with E-state index in [-0.39, 0.29) is 17.8 Å². The van der Waals surface area contributed by atoms with Crippen LogP contribution in [-0.4, -0.2) is 66.0 Å². The van der Waals surface area contributed by atoms with E-state index in [2.05, 4.69) is 16.2 Å². The molecular formula is C25H36N4O4S. The Bertz CT molecular complexity index is 935. The van der Waals surface area contributed by atoms with Gasteiger partial charge in [0.25, 0.3) is 0 Å². The number of methoxy groups -OCH3 is 1. The minimum absolute atomic E-state index is 0.0802. The van der Waals surface area contributed by atoms with Crippen LogP contribution < -0.4 is 9.64 Å². The summed E-state index contributed by atoms with van der Waals surface area (Å²) in [6.07, 6.45) is 4.73. The van der Waals surface area contributed by atoms with Crippen molar-refractivity contribution in [2.75, 3.05) is 44.8 Å². The van der Waals surface area contributed by atoms with Crippen LogP contribution in [0.15, 0.2) is 24.3 Å². The molecule has 0 bridgehead atoms. The molecule has 0 saturated carbocycles. The first kappa shape index (κ1) is 25.9. The van der Waals surface area contributed by atoms with E-state index in [0.29, 0.717) is 39.1 Å². The van der Waals surface area contributed by atoms with Crippen LogP contribution in [0, 0.1) is 5.92 Å². The quantitative estimate of drug-likeness (QED) is 0.419. The van der Waals surface area contributed by atoms with E-state index in [4.69, 9.17) is 14.5 Å². The standard InChI is InChI=1S/C25H36N4O4S/c1-4-6-13-28(15-12-23(30)29-14-8-10-20(18-29)24(31)33-5-2)25-26-22(27-34-25)17-19-9-7-11-21(16-19)32-3/h7,9,11,16,20H,4-6,8,10,12-15,17-18H2,1-3H3. The molecule has 1 amide bonds. The summed E-state index contributed by atoms with van der Waals surface area (Å²) in [5, 5.41) is 0.849. The number of hydrogen-bond donors (Lipinski definition) is 0. The molecular weight excluding hydrogens is 452 g/mol. The van der Waals surface area contributed by atoms with Gasteiger partial charge in [0.05, 0.1) is 19.6 Å². The summed E-state index contributed by atoms with van der Waals surface area (Å²) in [5.41, 5.74) is 1.10. The lowest BCUT2D eigenvalue weighted by molar-refractivity contribution is -0.151. The largest absolute Gasteiger partial charge is 0.497 e. The van der Waals surface area contributed by atoms with Crippen molar-refractivity contribution in [2.45, 2.75) is 52.4 Å². The van der Waals surface area contributed by atoms with E-state index >= 15 is 0 Å². The average molecular weight is 489 g/mol. The first-order valence-corrected chi connectivity index (χ1v) is 13.0. The minimum atomic E-state index is -0.212. The van der Waals surface area contributed by atoms with Gasteiger partial charge in [-0.2, -0.15) is 4.37 Å². The molecule has 1 fully saturated rings. The summed E-state index contributed by atoms with van der Waals surface area (Å²) < 4.78 is 15.0. The Morgan fingerprint density at radius 3 is 2.88 bits per heavy atom. The van der Waals surface area contributed by atoms with Crippen LogP contribution in [-0.2, 0) is 20.7 Å². The number of esters is 1. The van der Waals surface area contributed by atoms with Gasteiger partial charge in [-0.3, -0.25) is 9.59 Å². The Morgan fingerprint density at radius 1 is 1.26 bits per heavy atom. The zero-order valence-corrected chi connectivity index (χ0v) is 21.3. The third kappa shape index (κ3) is 7.41. The number of carbonyl (C=O) groups excluding carboxylic acids is 2. The summed E-state index contributed by atoms with van der Waals surface area (Å²) in [4.78, 5) is 33.8. The number of piperidine rings is 1. The lowest BCUT2D eigenvalue weighted by Crippen LogP contribution is -2.43. The molecule has 1 aromatic heterocycles. The predicted octanol–water partition coefficient (Wildman–Crippen LogP) is 3.94. The van der Waals surface area contributed by atoms with Crippen molar-refractivity contribution in [3.63, 3.8) is 0 Å². The highest BCUT2D eigenvalue weighted by Crippen LogP contribution is 2.23. The maximum atomic E-state index is 12.9. The Morgan fingerprint density at radius 2 is 2.12 bits per heavy atom. The summed E-state index contributed by atoms with van der Waals surface area (Å²) in [6.45, 7) is 6.92. The minimum Gasteiger partial charge on any atom is -0.497 e. The summed E-state index contributed by atoms with van der Waals surface area (Å²) >= 11 is 1.38. The van der Waals surface area contributed by atoms with Crippen molar-refractivity contribution >= 4 is 28.5 Å². The van der Waals surface area contributed by atoms with Gasteiger partial charge >= 0.3 is 5.97 Å². The fourth-order valence-corrected chi connectivity index (χ4v) is 4.84. The van der Waals surface area contributed by atoms with E-state index in [1.165, 1.54) is 11.5 Å². The number of hydrogen-bond acceptors (Lipinski definition) is 8. The fourth-order valence-electron chi connectivity index (χ4n) is 4.11. The zero-order valence-electron chi connectivity index (χ0n) is 20.5. The third-order valence-corrected chi connectivity index (χ3v) is 6.81. The normalized spacial score (nSPS) is 15.7. The fraction of sp³-hybridized carbons (Fsp3) is 0.600. The van der Waals surface area contributed by atoms with Gasteiger partial charge in [-0.1, -0.05) is 25.5 Å². The number of benzene rings is 1. The molecule has 8 nitrogen and oxygen atoms in total.